The number of hydrogen-bond acceptors (Lipinski definition) is 4. The lowest BCUT2D eigenvalue weighted by Gasteiger charge is -2.29. The number of aryl methyl sites for hydroxylation is 2. The molecule has 0 saturated carbocycles. The molecule has 0 bridgehead atoms. The minimum Gasteiger partial charge on any atom is -0.361 e. The molecule has 1 amide bonds. The van der Waals surface area contributed by atoms with Crippen molar-refractivity contribution in [1.29, 1.82) is 0 Å². The molecule has 0 aliphatic carbocycles. The molecule has 1 aromatic rings. The summed E-state index contributed by atoms with van der Waals surface area (Å²) in [5.74, 6) is 1.27. The first-order chi connectivity index (χ1) is 9.13. The van der Waals surface area contributed by atoms with E-state index in [-0.39, 0.29) is 5.91 Å². The molecule has 106 valence electrons. The Balaban J connectivity index is 2.06. The molecule has 1 aromatic heterocycles. The van der Waals surface area contributed by atoms with Crippen LogP contribution in [0.15, 0.2) is 4.52 Å². The number of piperidine rings is 1. The van der Waals surface area contributed by atoms with E-state index in [1.54, 1.807) is 6.92 Å². The lowest BCUT2D eigenvalue weighted by Crippen LogP contribution is -2.39. The molecule has 0 aromatic carbocycles. The van der Waals surface area contributed by atoms with Crippen molar-refractivity contribution in [2.24, 2.45) is 5.92 Å². The highest BCUT2D eigenvalue weighted by atomic mass is 16.5. The molecule has 5 nitrogen and oxygen atoms in total. The molecule has 1 aliphatic rings. The lowest BCUT2D eigenvalue weighted by atomic mass is 9.97. The summed E-state index contributed by atoms with van der Waals surface area (Å²) in [6.07, 6.45) is 2.29. The van der Waals surface area contributed by atoms with Crippen LogP contribution >= 0.6 is 0 Å². The van der Waals surface area contributed by atoms with Gasteiger partial charge in [-0.2, -0.15) is 0 Å². The van der Waals surface area contributed by atoms with Gasteiger partial charge in [0.25, 0.3) is 5.91 Å². The number of rotatable bonds is 4. The molecule has 19 heavy (non-hydrogen) atoms. The van der Waals surface area contributed by atoms with Crippen LogP contribution in [0, 0.1) is 19.8 Å². The zero-order chi connectivity index (χ0) is 13.8. The van der Waals surface area contributed by atoms with Crippen LogP contribution in [0.1, 0.15) is 41.6 Å². The number of aromatic nitrogens is 1. The maximum atomic E-state index is 12.6. The van der Waals surface area contributed by atoms with Crippen LogP contribution in [0.4, 0.5) is 0 Å². The molecule has 0 unspecified atom stereocenters. The average Bonchev–Trinajstić information content (AvgIpc) is 2.76. The topological polar surface area (TPSA) is 58.4 Å². The van der Waals surface area contributed by atoms with E-state index in [9.17, 15) is 4.79 Å². The zero-order valence-electron chi connectivity index (χ0n) is 12.0. The van der Waals surface area contributed by atoms with Gasteiger partial charge in [-0.05, 0) is 52.6 Å². The zero-order valence-corrected chi connectivity index (χ0v) is 12.0. The number of carbonyl (C=O) groups is 1. The predicted molar refractivity (Wildman–Crippen MR) is 73.1 cm³/mol. The third kappa shape index (κ3) is 3.15. The van der Waals surface area contributed by atoms with Crippen molar-refractivity contribution in [3.63, 3.8) is 0 Å². The van der Waals surface area contributed by atoms with Gasteiger partial charge in [0, 0.05) is 13.1 Å². The van der Waals surface area contributed by atoms with E-state index >= 15 is 0 Å². The van der Waals surface area contributed by atoms with Crippen molar-refractivity contribution < 1.29 is 9.32 Å². The summed E-state index contributed by atoms with van der Waals surface area (Å²) in [7, 11) is 0. The molecular formula is C14H23N3O2. The van der Waals surface area contributed by atoms with Gasteiger partial charge in [0.1, 0.15) is 11.3 Å². The number of amides is 1. The van der Waals surface area contributed by atoms with Crippen molar-refractivity contribution in [2.45, 2.75) is 33.6 Å². The molecule has 1 N–H and O–H groups in total. The quantitative estimate of drug-likeness (QED) is 0.901. The van der Waals surface area contributed by atoms with Crippen LogP contribution in [0.2, 0.25) is 0 Å². The Morgan fingerprint density at radius 1 is 1.42 bits per heavy atom. The molecule has 1 aliphatic heterocycles. The molecule has 1 fully saturated rings. The molecule has 1 saturated heterocycles. The van der Waals surface area contributed by atoms with Crippen molar-refractivity contribution in [1.82, 2.24) is 15.4 Å². The molecular weight excluding hydrogens is 242 g/mol. The highest BCUT2D eigenvalue weighted by molar-refractivity contribution is 5.96. The molecule has 5 heteroatoms. The monoisotopic (exact) mass is 265 g/mol. The van der Waals surface area contributed by atoms with Gasteiger partial charge in [0.2, 0.25) is 0 Å². The minimum atomic E-state index is 0.0530. The van der Waals surface area contributed by atoms with E-state index in [0.717, 1.165) is 39.0 Å². The molecule has 2 heterocycles. The summed E-state index contributed by atoms with van der Waals surface area (Å²) in [6.45, 7) is 9.32. The summed E-state index contributed by atoms with van der Waals surface area (Å²) in [5.41, 5.74) is 1.32. The van der Waals surface area contributed by atoms with Gasteiger partial charge < -0.3 is 14.7 Å². The average molecular weight is 265 g/mol. The highest BCUT2D eigenvalue weighted by Crippen LogP contribution is 2.18. The van der Waals surface area contributed by atoms with Crippen molar-refractivity contribution >= 4 is 5.91 Å². The molecule has 2 rings (SSSR count). The Morgan fingerprint density at radius 3 is 2.63 bits per heavy atom. The summed E-state index contributed by atoms with van der Waals surface area (Å²) in [5, 5.41) is 7.22. The van der Waals surface area contributed by atoms with Gasteiger partial charge in [-0.15, -0.1) is 0 Å². The fraction of sp³-hybridized carbons (Fsp3) is 0.714. The van der Waals surface area contributed by atoms with Gasteiger partial charge in [0.15, 0.2) is 0 Å². The largest absolute Gasteiger partial charge is 0.361 e. The second kappa shape index (κ2) is 6.19. The van der Waals surface area contributed by atoms with E-state index in [0.29, 0.717) is 22.9 Å². The SMILES string of the molecule is CCN(CC1CCNCC1)C(=O)c1c(C)noc1C. The van der Waals surface area contributed by atoms with E-state index in [2.05, 4.69) is 10.5 Å². The minimum absolute atomic E-state index is 0.0530. The second-order valence-corrected chi connectivity index (χ2v) is 5.24. The first-order valence-corrected chi connectivity index (χ1v) is 7.06. The van der Waals surface area contributed by atoms with Crippen molar-refractivity contribution in [2.75, 3.05) is 26.2 Å². The summed E-state index contributed by atoms with van der Waals surface area (Å²) >= 11 is 0. The van der Waals surface area contributed by atoms with Gasteiger partial charge in [-0.25, -0.2) is 0 Å². The summed E-state index contributed by atoms with van der Waals surface area (Å²) in [4.78, 5) is 14.5. The standard InChI is InChI=1S/C14H23N3O2/c1-4-17(9-12-5-7-15-8-6-12)14(18)13-10(2)16-19-11(13)3/h12,15H,4-9H2,1-3H3. The van der Waals surface area contributed by atoms with E-state index in [1.807, 2.05) is 18.7 Å². The Kier molecular flexibility index (Phi) is 4.58. The Morgan fingerprint density at radius 2 is 2.11 bits per heavy atom. The predicted octanol–water partition coefficient (Wildman–Crippen LogP) is 1.75. The van der Waals surface area contributed by atoms with Crippen LogP contribution in [0.3, 0.4) is 0 Å². The number of hydrogen-bond donors (Lipinski definition) is 1. The summed E-state index contributed by atoms with van der Waals surface area (Å²) < 4.78 is 5.09. The van der Waals surface area contributed by atoms with Gasteiger partial charge >= 0.3 is 0 Å². The first kappa shape index (κ1) is 14.1. The smallest absolute Gasteiger partial charge is 0.259 e. The van der Waals surface area contributed by atoms with Crippen molar-refractivity contribution in [3.8, 4) is 0 Å². The van der Waals surface area contributed by atoms with Gasteiger partial charge in [0.05, 0.1) is 5.69 Å². The third-order valence-corrected chi connectivity index (χ3v) is 3.85. The van der Waals surface area contributed by atoms with Crippen LogP contribution in [0.25, 0.3) is 0 Å². The maximum absolute atomic E-state index is 12.6. The first-order valence-electron chi connectivity index (χ1n) is 7.06. The maximum Gasteiger partial charge on any atom is 0.259 e. The Hall–Kier alpha value is -1.36. The molecule has 0 spiro atoms. The van der Waals surface area contributed by atoms with E-state index in [4.69, 9.17) is 4.52 Å². The summed E-state index contributed by atoms with van der Waals surface area (Å²) in [6, 6.07) is 0. The van der Waals surface area contributed by atoms with E-state index < -0.39 is 0 Å². The lowest BCUT2D eigenvalue weighted by molar-refractivity contribution is 0.0724. The normalized spacial score (nSPS) is 16.6. The van der Waals surface area contributed by atoms with E-state index in [1.165, 1.54) is 0 Å². The van der Waals surface area contributed by atoms with Gasteiger partial charge in [-0.1, -0.05) is 5.16 Å². The number of nitrogens with zero attached hydrogens (tertiary/aromatic N) is 2. The third-order valence-electron chi connectivity index (χ3n) is 3.85. The molecule has 0 atom stereocenters. The fourth-order valence-corrected chi connectivity index (χ4v) is 2.68. The van der Waals surface area contributed by atoms with Gasteiger partial charge in [-0.3, -0.25) is 4.79 Å². The molecule has 0 radical (unpaired) electrons. The van der Waals surface area contributed by atoms with Crippen LogP contribution in [0.5, 0.6) is 0 Å². The van der Waals surface area contributed by atoms with Crippen LogP contribution < -0.4 is 5.32 Å². The fourth-order valence-electron chi connectivity index (χ4n) is 2.68. The van der Waals surface area contributed by atoms with Crippen molar-refractivity contribution in [3.05, 3.63) is 17.0 Å². The van der Waals surface area contributed by atoms with Crippen LogP contribution in [-0.2, 0) is 0 Å². The Bertz CT molecular complexity index is 416. The highest BCUT2D eigenvalue weighted by Gasteiger charge is 2.25. The number of carbonyl (C=O) groups excluding carboxylic acids is 1. The van der Waals surface area contributed by atoms with Crippen LogP contribution in [-0.4, -0.2) is 42.1 Å². The number of nitrogens with one attached hydrogen (secondary N) is 1. The second-order valence-electron chi connectivity index (χ2n) is 5.24. The Labute approximate surface area is 114 Å².